The SMILES string of the molecule is O=C(O[C@H](C(=O)c1c[nH]c2ccccc12)c1ccccc1)c1ccc(Cl)c(S(=O)(=O)NCc2ccccc2)c1. The van der Waals surface area contributed by atoms with E-state index in [-0.39, 0.29) is 22.0 Å². The second-order valence-electron chi connectivity index (χ2n) is 8.76. The molecule has 5 aromatic rings. The van der Waals surface area contributed by atoms with Crippen molar-refractivity contribution in [2.75, 3.05) is 0 Å². The third-order valence-electron chi connectivity index (χ3n) is 6.19. The maximum absolute atomic E-state index is 13.7. The van der Waals surface area contributed by atoms with Crippen LogP contribution in [0.3, 0.4) is 0 Å². The Labute approximate surface area is 230 Å². The minimum absolute atomic E-state index is 0.0450. The normalized spacial score (nSPS) is 12.2. The maximum Gasteiger partial charge on any atom is 0.339 e. The number of carbonyl (C=O) groups is 2. The first-order valence-electron chi connectivity index (χ1n) is 12.0. The monoisotopic (exact) mass is 558 g/mol. The van der Waals surface area contributed by atoms with Crippen LogP contribution in [-0.4, -0.2) is 25.2 Å². The number of H-pyrrole nitrogens is 1. The number of esters is 1. The van der Waals surface area contributed by atoms with Crippen LogP contribution < -0.4 is 4.72 Å². The molecule has 2 N–H and O–H groups in total. The van der Waals surface area contributed by atoms with Gasteiger partial charge in [-0.25, -0.2) is 17.9 Å². The zero-order valence-corrected chi connectivity index (χ0v) is 22.1. The van der Waals surface area contributed by atoms with E-state index in [9.17, 15) is 18.0 Å². The van der Waals surface area contributed by atoms with Crippen LogP contribution in [0.15, 0.2) is 114 Å². The molecule has 0 fully saturated rings. The van der Waals surface area contributed by atoms with Gasteiger partial charge in [-0.2, -0.15) is 0 Å². The number of sulfonamides is 1. The lowest BCUT2D eigenvalue weighted by Gasteiger charge is -2.18. The van der Waals surface area contributed by atoms with Gasteiger partial charge < -0.3 is 9.72 Å². The quantitative estimate of drug-likeness (QED) is 0.168. The number of ketones is 1. The number of benzene rings is 4. The molecule has 4 aromatic carbocycles. The summed E-state index contributed by atoms with van der Waals surface area (Å²) in [5.41, 5.74) is 2.32. The van der Waals surface area contributed by atoms with E-state index in [4.69, 9.17) is 16.3 Å². The second kappa shape index (κ2) is 11.2. The molecule has 9 heteroatoms. The third-order valence-corrected chi connectivity index (χ3v) is 8.07. The fraction of sp³-hybridized carbons (Fsp3) is 0.0667. The van der Waals surface area contributed by atoms with E-state index in [1.54, 1.807) is 60.8 Å². The Morgan fingerprint density at radius 3 is 2.28 bits per heavy atom. The van der Waals surface area contributed by atoms with Crippen molar-refractivity contribution in [1.29, 1.82) is 0 Å². The zero-order chi connectivity index (χ0) is 27.4. The lowest BCUT2D eigenvalue weighted by molar-refractivity contribution is 0.0280. The van der Waals surface area contributed by atoms with Crippen molar-refractivity contribution in [3.05, 3.63) is 137 Å². The maximum atomic E-state index is 13.7. The second-order valence-corrected chi connectivity index (χ2v) is 10.9. The number of nitrogens with one attached hydrogen (secondary N) is 2. The summed E-state index contributed by atoms with van der Waals surface area (Å²) < 4.78 is 34.3. The van der Waals surface area contributed by atoms with Gasteiger partial charge in [0.05, 0.1) is 10.6 Å². The van der Waals surface area contributed by atoms with E-state index in [0.717, 1.165) is 17.1 Å². The molecule has 39 heavy (non-hydrogen) atoms. The van der Waals surface area contributed by atoms with Gasteiger partial charge in [-0.1, -0.05) is 90.5 Å². The van der Waals surface area contributed by atoms with Crippen molar-refractivity contribution >= 4 is 44.3 Å². The van der Waals surface area contributed by atoms with Crippen molar-refractivity contribution in [2.45, 2.75) is 17.5 Å². The fourth-order valence-corrected chi connectivity index (χ4v) is 5.72. The van der Waals surface area contributed by atoms with Gasteiger partial charge in [0.15, 0.2) is 6.10 Å². The number of Topliss-reactive ketones (excluding diaryl/α,β-unsaturated/α-hetero) is 1. The molecular formula is C30H23ClN2O5S. The predicted molar refractivity (Wildman–Crippen MR) is 149 cm³/mol. The van der Waals surface area contributed by atoms with Crippen molar-refractivity contribution in [1.82, 2.24) is 9.71 Å². The molecule has 0 aliphatic rings. The summed E-state index contributed by atoms with van der Waals surface area (Å²) in [5, 5.41) is 0.644. The van der Waals surface area contributed by atoms with E-state index < -0.39 is 27.9 Å². The molecule has 0 bridgehead atoms. The van der Waals surface area contributed by atoms with Gasteiger partial charge in [0.2, 0.25) is 15.8 Å². The molecule has 196 valence electrons. The number of para-hydroxylation sites is 1. The van der Waals surface area contributed by atoms with E-state index in [1.165, 1.54) is 12.1 Å². The van der Waals surface area contributed by atoms with E-state index in [2.05, 4.69) is 9.71 Å². The van der Waals surface area contributed by atoms with E-state index in [1.807, 2.05) is 30.3 Å². The van der Waals surface area contributed by atoms with Crippen LogP contribution in [0, 0.1) is 0 Å². The summed E-state index contributed by atoms with van der Waals surface area (Å²) >= 11 is 6.21. The third kappa shape index (κ3) is 5.78. The van der Waals surface area contributed by atoms with Crippen LogP contribution in [0.5, 0.6) is 0 Å². The molecule has 0 amide bonds. The molecule has 0 spiro atoms. The highest BCUT2D eigenvalue weighted by molar-refractivity contribution is 7.89. The molecule has 1 aromatic heterocycles. The number of aromatic amines is 1. The molecule has 0 aliphatic carbocycles. The summed E-state index contributed by atoms with van der Waals surface area (Å²) in [6, 6.07) is 28.8. The van der Waals surface area contributed by atoms with Crippen LogP contribution in [0.2, 0.25) is 5.02 Å². The Bertz CT molecular complexity index is 1750. The average molecular weight is 559 g/mol. The highest BCUT2D eigenvalue weighted by atomic mass is 35.5. The van der Waals surface area contributed by atoms with Gasteiger partial charge in [-0.05, 0) is 29.8 Å². The summed E-state index contributed by atoms with van der Waals surface area (Å²) in [5.74, 6) is -1.29. The molecule has 1 atom stereocenters. The smallest absolute Gasteiger partial charge is 0.339 e. The largest absolute Gasteiger partial charge is 0.445 e. The Morgan fingerprint density at radius 1 is 0.872 bits per heavy atom. The van der Waals surface area contributed by atoms with Gasteiger partial charge in [0, 0.05) is 34.8 Å². The Hall–Kier alpha value is -4.24. The van der Waals surface area contributed by atoms with E-state index >= 15 is 0 Å². The minimum Gasteiger partial charge on any atom is -0.445 e. The van der Waals surface area contributed by atoms with Crippen LogP contribution in [-0.2, 0) is 21.3 Å². The van der Waals surface area contributed by atoms with Crippen LogP contribution in [0.1, 0.15) is 37.9 Å². The fourth-order valence-electron chi connectivity index (χ4n) is 4.18. The number of rotatable bonds is 9. The molecular weight excluding hydrogens is 536 g/mol. The molecule has 0 aliphatic heterocycles. The van der Waals surface area contributed by atoms with Crippen LogP contribution >= 0.6 is 11.6 Å². The van der Waals surface area contributed by atoms with Crippen LogP contribution in [0.4, 0.5) is 0 Å². The topological polar surface area (TPSA) is 105 Å². The highest BCUT2D eigenvalue weighted by Gasteiger charge is 2.29. The Morgan fingerprint density at radius 2 is 1.54 bits per heavy atom. The number of hydrogen-bond acceptors (Lipinski definition) is 5. The van der Waals surface area contributed by atoms with Crippen molar-refractivity contribution in [3.8, 4) is 0 Å². The summed E-state index contributed by atoms with van der Waals surface area (Å²) in [6.07, 6.45) is 0.326. The molecule has 0 saturated carbocycles. The van der Waals surface area contributed by atoms with Crippen molar-refractivity contribution < 1.29 is 22.7 Å². The predicted octanol–water partition coefficient (Wildman–Crippen LogP) is 6.08. The van der Waals surface area contributed by atoms with Crippen LogP contribution in [0.25, 0.3) is 10.9 Å². The Balaban J connectivity index is 1.43. The zero-order valence-electron chi connectivity index (χ0n) is 20.5. The molecule has 0 unspecified atom stereocenters. The molecule has 0 saturated heterocycles. The summed E-state index contributed by atoms with van der Waals surface area (Å²) in [7, 11) is -4.06. The number of carbonyl (C=O) groups excluding carboxylic acids is 2. The number of aromatic nitrogens is 1. The van der Waals surface area contributed by atoms with Gasteiger partial charge in [-0.15, -0.1) is 0 Å². The minimum atomic E-state index is -4.06. The van der Waals surface area contributed by atoms with Crippen molar-refractivity contribution in [2.24, 2.45) is 0 Å². The van der Waals surface area contributed by atoms with Crippen molar-refractivity contribution in [3.63, 3.8) is 0 Å². The van der Waals surface area contributed by atoms with E-state index in [0.29, 0.717) is 16.5 Å². The average Bonchev–Trinajstić information content (AvgIpc) is 3.40. The molecule has 5 rings (SSSR count). The van der Waals surface area contributed by atoms with Gasteiger partial charge in [0.25, 0.3) is 0 Å². The highest BCUT2D eigenvalue weighted by Crippen LogP contribution is 2.29. The lowest BCUT2D eigenvalue weighted by Crippen LogP contribution is -2.24. The van der Waals surface area contributed by atoms with Gasteiger partial charge in [0.1, 0.15) is 4.90 Å². The van der Waals surface area contributed by atoms with Gasteiger partial charge in [-0.3, -0.25) is 4.79 Å². The number of hydrogen-bond donors (Lipinski definition) is 2. The Kier molecular flexibility index (Phi) is 7.60. The molecule has 0 radical (unpaired) electrons. The standard InChI is InChI=1S/C30H23ClN2O5S/c31-25-16-15-22(17-27(25)39(36,37)33-18-20-9-3-1-4-10-20)30(35)38-29(21-11-5-2-6-12-21)28(34)24-19-32-26-14-8-7-13-23(24)26/h1-17,19,29,32-33H,18H2/t29-/m0/s1. The number of fused-ring (bicyclic) bond motifs is 1. The first kappa shape index (κ1) is 26.4. The first-order valence-corrected chi connectivity index (χ1v) is 13.9. The molecule has 7 nitrogen and oxygen atoms in total. The first-order chi connectivity index (χ1) is 18.8. The van der Waals surface area contributed by atoms with Gasteiger partial charge >= 0.3 is 5.97 Å². The number of ether oxygens (including phenoxy) is 1. The lowest BCUT2D eigenvalue weighted by atomic mass is 9.99. The molecule has 1 heterocycles. The summed E-state index contributed by atoms with van der Waals surface area (Å²) in [6.45, 7) is 0.0450. The number of halogens is 1. The summed E-state index contributed by atoms with van der Waals surface area (Å²) in [4.78, 5) is 29.8.